The summed E-state index contributed by atoms with van der Waals surface area (Å²) in [7, 11) is 0. The second kappa shape index (κ2) is 5.12. The van der Waals surface area contributed by atoms with Crippen LogP contribution >= 0.6 is 23.4 Å². The van der Waals surface area contributed by atoms with E-state index in [9.17, 15) is 0 Å². The zero-order valence-corrected chi connectivity index (χ0v) is 11.6. The van der Waals surface area contributed by atoms with Crippen LogP contribution in [0.3, 0.4) is 0 Å². The average molecular weight is 288 g/mol. The second-order valence-electron chi connectivity index (χ2n) is 4.13. The summed E-state index contributed by atoms with van der Waals surface area (Å²) in [6.07, 6.45) is 3.60. The number of nitriles is 1. The van der Waals surface area contributed by atoms with E-state index in [2.05, 4.69) is 16.0 Å². The third kappa shape index (κ3) is 2.40. The molecule has 94 valence electrons. The summed E-state index contributed by atoms with van der Waals surface area (Å²) in [5.74, 6) is 0. The number of allylic oxidation sites excluding steroid dienone is 2. The molecule has 5 heteroatoms. The topological polar surface area (TPSA) is 39.4 Å². The quantitative estimate of drug-likeness (QED) is 0.742. The Balaban J connectivity index is 2.02. The first kappa shape index (κ1) is 12.3. The van der Waals surface area contributed by atoms with Crippen molar-refractivity contribution in [2.45, 2.75) is 0 Å². The van der Waals surface area contributed by atoms with E-state index in [1.54, 1.807) is 17.8 Å². The number of rotatable bonds is 1. The van der Waals surface area contributed by atoms with Gasteiger partial charge in [-0.1, -0.05) is 35.5 Å². The molecule has 0 radical (unpaired) electrons. The summed E-state index contributed by atoms with van der Waals surface area (Å²) in [6, 6.07) is 9.80. The van der Waals surface area contributed by atoms with Crippen molar-refractivity contribution in [1.82, 2.24) is 4.90 Å². The van der Waals surface area contributed by atoms with Crippen LogP contribution in [0.1, 0.15) is 5.56 Å². The van der Waals surface area contributed by atoms with Crippen molar-refractivity contribution in [1.29, 1.82) is 5.26 Å². The van der Waals surface area contributed by atoms with Crippen LogP contribution in [0.15, 0.2) is 47.1 Å². The fourth-order valence-corrected chi connectivity index (χ4v) is 3.25. The average Bonchev–Trinajstić information content (AvgIpc) is 2.88. The summed E-state index contributed by atoms with van der Waals surface area (Å²) in [4.78, 5) is 7.64. The number of fused-ring (bicyclic) bond motifs is 1. The minimum atomic E-state index is 0.720. The Bertz CT molecular complexity index is 638. The molecule has 0 spiro atoms. The predicted molar refractivity (Wildman–Crippen MR) is 79.7 cm³/mol. The molecule has 2 heterocycles. The van der Waals surface area contributed by atoms with Gasteiger partial charge in [-0.2, -0.15) is 5.26 Å². The van der Waals surface area contributed by atoms with E-state index in [4.69, 9.17) is 16.9 Å². The first-order chi connectivity index (χ1) is 9.28. The monoisotopic (exact) mass is 287 g/mol. The van der Waals surface area contributed by atoms with Gasteiger partial charge in [0.1, 0.15) is 0 Å². The van der Waals surface area contributed by atoms with Crippen LogP contribution in [-0.4, -0.2) is 23.2 Å². The van der Waals surface area contributed by atoms with Gasteiger partial charge in [-0.05, 0) is 23.8 Å². The van der Waals surface area contributed by atoms with Gasteiger partial charge in [-0.3, -0.25) is 4.99 Å². The van der Waals surface area contributed by atoms with Gasteiger partial charge in [0.2, 0.25) is 0 Å². The van der Waals surface area contributed by atoms with Gasteiger partial charge in [0, 0.05) is 22.5 Å². The van der Waals surface area contributed by atoms with Crippen LogP contribution in [0.4, 0.5) is 0 Å². The number of halogens is 1. The Morgan fingerprint density at radius 1 is 1.37 bits per heavy atom. The molecule has 0 aromatic heterocycles. The molecule has 3 nitrogen and oxygen atoms in total. The molecule has 0 atom stereocenters. The molecular formula is C14H10ClN3S. The van der Waals surface area contributed by atoms with Crippen LogP contribution in [-0.2, 0) is 0 Å². The van der Waals surface area contributed by atoms with Crippen molar-refractivity contribution in [3.05, 3.63) is 52.7 Å². The lowest BCUT2D eigenvalue weighted by Crippen LogP contribution is -2.26. The zero-order valence-electron chi connectivity index (χ0n) is 10.0. The molecule has 0 fully saturated rings. The SMILES string of the molecule is N#C/C=C1\C=C(c2ccc(Cl)cc2)SC2=NCCN21. The van der Waals surface area contributed by atoms with E-state index in [0.717, 1.165) is 39.4 Å². The Morgan fingerprint density at radius 3 is 2.89 bits per heavy atom. The van der Waals surface area contributed by atoms with Crippen molar-refractivity contribution in [2.24, 2.45) is 4.99 Å². The summed E-state index contributed by atoms with van der Waals surface area (Å²) < 4.78 is 0. The summed E-state index contributed by atoms with van der Waals surface area (Å²) >= 11 is 7.54. The highest BCUT2D eigenvalue weighted by Gasteiger charge is 2.26. The van der Waals surface area contributed by atoms with E-state index in [0.29, 0.717) is 0 Å². The molecule has 0 bridgehead atoms. The maximum atomic E-state index is 8.89. The van der Waals surface area contributed by atoms with Gasteiger partial charge in [0.05, 0.1) is 18.3 Å². The van der Waals surface area contributed by atoms with Crippen molar-refractivity contribution < 1.29 is 0 Å². The van der Waals surface area contributed by atoms with Crippen LogP contribution in [0.2, 0.25) is 5.02 Å². The number of nitrogens with zero attached hydrogens (tertiary/aromatic N) is 3. The summed E-state index contributed by atoms with van der Waals surface area (Å²) in [5.41, 5.74) is 2.00. The first-order valence-electron chi connectivity index (χ1n) is 5.85. The van der Waals surface area contributed by atoms with Crippen LogP contribution in [0, 0.1) is 11.3 Å². The largest absolute Gasteiger partial charge is 0.318 e. The molecule has 2 aliphatic heterocycles. The molecule has 19 heavy (non-hydrogen) atoms. The third-order valence-corrected chi connectivity index (χ3v) is 4.29. The van der Waals surface area contributed by atoms with E-state index in [1.165, 1.54) is 0 Å². The van der Waals surface area contributed by atoms with E-state index in [1.807, 2.05) is 30.3 Å². The molecule has 0 unspecified atom stereocenters. The standard InChI is InChI=1S/C14H10ClN3S/c15-11-3-1-10(2-4-11)13-9-12(5-6-16)18-8-7-17-14(18)19-13/h1-5,9H,7-8H2/b12-5+. The summed E-state index contributed by atoms with van der Waals surface area (Å²) in [5, 5.41) is 10.6. The molecule has 0 aliphatic carbocycles. The molecule has 2 aliphatic rings. The van der Waals surface area contributed by atoms with E-state index in [-0.39, 0.29) is 0 Å². The summed E-state index contributed by atoms with van der Waals surface area (Å²) in [6.45, 7) is 1.63. The van der Waals surface area contributed by atoms with Gasteiger partial charge in [-0.25, -0.2) is 0 Å². The zero-order chi connectivity index (χ0) is 13.2. The number of thioether (sulfide) groups is 1. The lowest BCUT2D eigenvalue weighted by molar-refractivity contribution is 0.586. The Morgan fingerprint density at radius 2 is 2.16 bits per heavy atom. The van der Waals surface area contributed by atoms with Crippen LogP contribution in [0.25, 0.3) is 4.91 Å². The van der Waals surface area contributed by atoms with Crippen LogP contribution < -0.4 is 0 Å². The highest BCUT2D eigenvalue weighted by Crippen LogP contribution is 2.38. The van der Waals surface area contributed by atoms with Gasteiger partial charge in [-0.15, -0.1) is 0 Å². The fraction of sp³-hybridized carbons (Fsp3) is 0.143. The Labute approximate surface area is 120 Å². The fourth-order valence-electron chi connectivity index (χ4n) is 2.04. The molecule has 1 aromatic carbocycles. The normalized spacial score (nSPS) is 19.8. The van der Waals surface area contributed by atoms with E-state index >= 15 is 0 Å². The number of benzene rings is 1. The van der Waals surface area contributed by atoms with E-state index < -0.39 is 0 Å². The second-order valence-corrected chi connectivity index (χ2v) is 5.58. The highest BCUT2D eigenvalue weighted by atomic mass is 35.5. The van der Waals surface area contributed by atoms with Crippen molar-refractivity contribution in [3.8, 4) is 6.07 Å². The lowest BCUT2D eigenvalue weighted by Gasteiger charge is -2.26. The van der Waals surface area contributed by atoms with Gasteiger partial charge in [0.15, 0.2) is 5.17 Å². The maximum Gasteiger partial charge on any atom is 0.168 e. The first-order valence-corrected chi connectivity index (χ1v) is 7.04. The molecule has 0 amide bonds. The predicted octanol–water partition coefficient (Wildman–Crippen LogP) is 3.51. The third-order valence-electron chi connectivity index (χ3n) is 2.93. The smallest absolute Gasteiger partial charge is 0.168 e. The van der Waals surface area contributed by atoms with Crippen molar-refractivity contribution in [3.63, 3.8) is 0 Å². The molecular weight excluding hydrogens is 278 g/mol. The highest BCUT2D eigenvalue weighted by molar-refractivity contribution is 8.21. The van der Waals surface area contributed by atoms with Gasteiger partial charge < -0.3 is 4.90 Å². The molecule has 0 N–H and O–H groups in total. The minimum absolute atomic E-state index is 0.720. The Hall–Kier alpha value is -1.70. The van der Waals surface area contributed by atoms with Crippen molar-refractivity contribution in [2.75, 3.05) is 13.1 Å². The Kier molecular flexibility index (Phi) is 3.33. The lowest BCUT2D eigenvalue weighted by atomic mass is 10.2. The van der Waals surface area contributed by atoms with Gasteiger partial charge in [0.25, 0.3) is 0 Å². The maximum absolute atomic E-state index is 8.89. The number of hydrogen-bond donors (Lipinski definition) is 0. The molecule has 3 rings (SSSR count). The van der Waals surface area contributed by atoms with Crippen molar-refractivity contribution >= 4 is 33.4 Å². The minimum Gasteiger partial charge on any atom is -0.318 e. The number of amidine groups is 1. The number of hydrogen-bond acceptors (Lipinski definition) is 4. The molecule has 0 saturated heterocycles. The van der Waals surface area contributed by atoms with Gasteiger partial charge >= 0.3 is 0 Å². The molecule has 0 saturated carbocycles. The number of aliphatic imine (C=N–C) groups is 1. The van der Waals surface area contributed by atoms with Crippen LogP contribution in [0.5, 0.6) is 0 Å². The molecule has 1 aromatic rings.